The highest BCUT2D eigenvalue weighted by Gasteiger charge is 2.30. The van der Waals surface area contributed by atoms with Gasteiger partial charge in [0.05, 0.1) is 12.9 Å². The van der Waals surface area contributed by atoms with Gasteiger partial charge in [-0.2, -0.15) is 14.4 Å². The van der Waals surface area contributed by atoms with Gasteiger partial charge in [-0.25, -0.2) is 13.4 Å². The number of H-pyrrole nitrogens is 1. The van der Waals surface area contributed by atoms with E-state index in [1.165, 1.54) is 16.8 Å². The lowest BCUT2D eigenvalue weighted by Gasteiger charge is -2.28. The Balaban J connectivity index is 1.31. The van der Waals surface area contributed by atoms with Crippen molar-refractivity contribution in [3.63, 3.8) is 0 Å². The van der Waals surface area contributed by atoms with Gasteiger partial charge in [-0.15, -0.1) is 0 Å². The average molecular weight is 432 g/mol. The lowest BCUT2D eigenvalue weighted by atomic mass is 9.96. The Bertz CT molecular complexity index is 1140. The number of aryl methyl sites for hydroxylation is 1. The van der Waals surface area contributed by atoms with E-state index in [-0.39, 0.29) is 11.6 Å². The van der Waals surface area contributed by atoms with Crippen LogP contribution in [0, 0.1) is 5.92 Å². The summed E-state index contributed by atoms with van der Waals surface area (Å²) in [7, 11) is -3.57. The Hall–Kier alpha value is -2.53. The van der Waals surface area contributed by atoms with Crippen molar-refractivity contribution < 1.29 is 12.9 Å². The third-order valence-electron chi connectivity index (χ3n) is 6.01. The number of aromatic amines is 1. The molecule has 3 aromatic heterocycles. The summed E-state index contributed by atoms with van der Waals surface area (Å²) in [4.78, 5) is 8.58. The van der Waals surface area contributed by atoms with Gasteiger partial charge in [-0.3, -0.25) is 5.10 Å². The van der Waals surface area contributed by atoms with Gasteiger partial charge in [0.1, 0.15) is 0 Å². The van der Waals surface area contributed by atoms with Crippen LogP contribution >= 0.6 is 0 Å². The molecule has 10 nitrogen and oxygen atoms in total. The van der Waals surface area contributed by atoms with E-state index in [9.17, 15) is 8.42 Å². The normalized spacial score (nSPS) is 18.6. The van der Waals surface area contributed by atoms with Crippen molar-refractivity contribution >= 4 is 10.0 Å². The van der Waals surface area contributed by atoms with Crippen molar-refractivity contribution in [2.45, 2.75) is 57.0 Å². The monoisotopic (exact) mass is 431 g/mol. The summed E-state index contributed by atoms with van der Waals surface area (Å²) in [5, 5.41) is 11.5. The van der Waals surface area contributed by atoms with Gasteiger partial charge in [0, 0.05) is 30.5 Å². The van der Waals surface area contributed by atoms with E-state index in [2.05, 4.69) is 32.2 Å². The third kappa shape index (κ3) is 3.56. The Morgan fingerprint density at radius 3 is 2.87 bits per heavy atom. The molecule has 1 saturated heterocycles. The van der Waals surface area contributed by atoms with Crippen LogP contribution in [-0.2, 0) is 29.4 Å². The third-order valence-corrected chi connectivity index (χ3v) is 7.79. The largest absolute Gasteiger partial charge is 0.332 e. The quantitative estimate of drug-likeness (QED) is 0.655. The molecule has 0 unspecified atom stereocenters. The van der Waals surface area contributed by atoms with Crippen molar-refractivity contribution in [2.24, 2.45) is 5.92 Å². The number of aromatic nitrogens is 6. The number of sulfonamides is 1. The second kappa shape index (κ2) is 7.62. The minimum atomic E-state index is -3.57. The highest BCUT2D eigenvalue weighted by atomic mass is 32.2. The number of nitrogens with zero attached hydrogens (tertiary/aromatic N) is 6. The first kappa shape index (κ1) is 19.4. The molecule has 3 aromatic rings. The molecule has 0 radical (unpaired) electrons. The number of imidazole rings is 1. The van der Waals surface area contributed by atoms with E-state index in [4.69, 9.17) is 4.52 Å². The fourth-order valence-corrected chi connectivity index (χ4v) is 5.56. The van der Waals surface area contributed by atoms with Gasteiger partial charge in [0.15, 0.2) is 16.5 Å². The van der Waals surface area contributed by atoms with Gasteiger partial charge in [-0.05, 0) is 44.4 Å². The minimum Gasteiger partial charge on any atom is -0.332 e. The van der Waals surface area contributed by atoms with Gasteiger partial charge >= 0.3 is 0 Å². The van der Waals surface area contributed by atoms with Gasteiger partial charge in [0.2, 0.25) is 0 Å². The van der Waals surface area contributed by atoms with E-state index in [1.54, 1.807) is 4.57 Å². The average Bonchev–Trinajstić information content (AvgIpc) is 3.48. The molecule has 5 rings (SSSR count). The van der Waals surface area contributed by atoms with Crippen molar-refractivity contribution in [1.82, 2.24) is 34.2 Å². The maximum atomic E-state index is 12.8. The number of fused-ring (bicyclic) bond motifs is 1. The maximum Gasteiger partial charge on any atom is 0.278 e. The van der Waals surface area contributed by atoms with Crippen molar-refractivity contribution in [1.29, 1.82) is 0 Å². The molecule has 0 saturated carbocycles. The van der Waals surface area contributed by atoms with E-state index >= 15 is 0 Å². The summed E-state index contributed by atoms with van der Waals surface area (Å²) in [5.41, 5.74) is 3.02. The Morgan fingerprint density at radius 2 is 2.03 bits per heavy atom. The van der Waals surface area contributed by atoms with E-state index in [0.717, 1.165) is 55.5 Å². The van der Waals surface area contributed by atoms with Crippen molar-refractivity contribution in [2.75, 3.05) is 13.1 Å². The van der Waals surface area contributed by atoms with Crippen LogP contribution in [0.2, 0.25) is 0 Å². The number of rotatable bonds is 5. The molecule has 0 amide bonds. The summed E-state index contributed by atoms with van der Waals surface area (Å²) < 4.78 is 34.3. The Labute approximate surface area is 174 Å². The molecule has 30 heavy (non-hydrogen) atoms. The molecule has 2 aliphatic rings. The van der Waals surface area contributed by atoms with E-state index < -0.39 is 10.0 Å². The van der Waals surface area contributed by atoms with Gasteiger partial charge in [-0.1, -0.05) is 12.1 Å². The minimum absolute atomic E-state index is 0.0575. The zero-order chi connectivity index (χ0) is 20.7. The van der Waals surface area contributed by atoms with Crippen LogP contribution in [0.5, 0.6) is 0 Å². The molecule has 0 spiro atoms. The first-order chi connectivity index (χ1) is 14.5. The molecule has 1 fully saturated rings. The smallest absolute Gasteiger partial charge is 0.278 e. The van der Waals surface area contributed by atoms with E-state index in [1.807, 2.05) is 0 Å². The summed E-state index contributed by atoms with van der Waals surface area (Å²) in [6, 6.07) is 0. The predicted octanol–water partition coefficient (Wildman–Crippen LogP) is 2.00. The zero-order valence-corrected chi connectivity index (χ0v) is 17.7. The molecular weight excluding hydrogens is 406 g/mol. The summed E-state index contributed by atoms with van der Waals surface area (Å²) in [6.45, 7) is 3.50. The molecule has 160 valence electrons. The fraction of sp³-hybridized carbons (Fsp3) is 0.579. The first-order valence-electron chi connectivity index (χ1n) is 10.4. The molecule has 1 N–H and O–H groups in total. The lowest BCUT2D eigenvalue weighted by molar-refractivity contribution is 0.287. The predicted molar refractivity (Wildman–Crippen MR) is 107 cm³/mol. The molecule has 0 atom stereocenters. The Morgan fingerprint density at radius 1 is 1.23 bits per heavy atom. The van der Waals surface area contributed by atoms with Crippen LogP contribution in [0.1, 0.15) is 49.7 Å². The molecular formula is C19H25N7O3S. The highest BCUT2D eigenvalue weighted by molar-refractivity contribution is 7.89. The number of nitrogens with one attached hydrogen (secondary N) is 1. The topological polar surface area (TPSA) is 123 Å². The fourth-order valence-electron chi connectivity index (χ4n) is 4.15. The van der Waals surface area contributed by atoms with Gasteiger partial charge in [0.25, 0.3) is 15.9 Å². The lowest BCUT2D eigenvalue weighted by Crippen LogP contribution is -2.38. The zero-order valence-electron chi connectivity index (χ0n) is 16.9. The van der Waals surface area contributed by atoms with Crippen LogP contribution in [0.15, 0.2) is 22.1 Å². The SMILES string of the molecule is CC1CCN(S(=O)(=O)c2cn(Cc3noc(-c4n[nH]c5c4CCCC5)n3)cn2)CC1. The van der Waals surface area contributed by atoms with Crippen LogP contribution in [0.3, 0.4) is 0 Å². The second-order valence-electron chi connectivity index (χ2n) is 8.22. The second-order valence-corrected chi connectivity index (χ2v) is 10.1. The highest BCUT2D eigenvalue weighted by Crippen LogP contribution is 2.28. The van der Waals surface area contributed by atoms with Gasteiger partial charge < -0.3 is 9.09 Å². The summed E-state index contributed by atoms with van der Waals surface area (Å²) >= 11 is 0. The van der Waals surface area contributed by atoms with Crippen LogP contribution < -0.4 is 0 Å². The molecule has 1 aliphatic heterocycles. The molecule has 11 heteroatoms. The van der Waals surface area contributed by atoms with Crippen LogP contribution in [-0.4, -0.2) is 55.7 Å². The summed E-state index contributed by atoms with van der Waals surface area (Å²) in [6.07, 6.45) is 9.01. The molecule has 4 heterocycles. The molecule has 1 aliphatic carbocycles. The number of hydrogen-bond donors (Lipinski definition) is 1. The van der Waals surface area contributed by atoms with Crippen molar-refractivity contribution in [3.05, 3.63) is 29.6 Å². The van der Waals surface area contributed by atoms with Crippen LogP contribution in [0.4, 0.5) is 0 Å². The summed E-state index contributed by atoms with van der Waals surface area (Å²) in [5.74, 6) is 1.40. The number of piperidine rings is 1. The maximum absolute atomic E-state index is 12.8. The Kier molecular flexibility index (Phi) is 4.94. The van der Waals surface area contributed by atoms with Crippen molar-refractivity contribution in [3.8, 4) is 11.6 Å². The molecule has 0 bridgehead atoms. The first-order valence-corrected chi connectivity index (χ1v) is 11.9. The van der Waals surface area contributed by atoms with Crippen LogP contribution in [0.25, 0.3) is 11.6 Å². The number of hydrogen-bond acceptors (Lipinski definition) is 7. The van der Waals surface area contributed by atoms with E-state index in [0.29, 0.717) is 30.7 Å². The standard InChI is InChI=1S/C19H25N7O3S/c1-13-6-8-26(9-7-13)30(27,28)17-11-25(12-20-17)10-16-21-19(29-24-16)18-14-4-2-3-5-15(14)22-23-18/h11-13H,2-10H2,1H3,(H,22,23). The molecule has 0 aromatic carbocycles.